The Labute approximate surface area is 128 Å². The summed E-state index contributed by atoms with van der Waals surface area (Å²) in [6, 6.07) is 2.49. The van der Waals surface area contributed by atoms with Gasteiger partial charge in [-0.25, -0.2) is 0 Å². The lowest BCUT2D eigenvalue weighted by atomic mass is 10.1. The molecule has 0 radical (unpaired) electrons. The fraction of sp³-hybridized carbons (Fsp3) is 0.533. The van der Waals surface area contributed by atoms with E-state index < -0.39 is 23.7 Å². The summed E-state index contributed by atoms with van der Waals surface area (Å²) >= 11 is 0. The van der Waals surface area contributed by atoms with Gasteiger partial charge in [-0.15, -0.1) is 0 Å². The van der Waals surface area contributed by atoms with E-state index in [1.807, 2.05) is 13.8 Å². The van der Waals surface area contributed by atoms with E-state index >= 15 is 0 Å². The summed E-state index contributed by atoms with van der Waals surface area (Å²) in [5.41, 5.74) is 5.43. The number of benzene rings is 1. The van der Waals surface area contributed by atoms with Crippen LogP contribution in [0.3, 0.4) is 0 Å². The van der Waals surface area contributed by atoms with Crippen LogP contribution in [0.1, 0.15) is 38.7 Å². The van der Waals surface area contributed by atoms with Gasteiger partial charge in [0.15, 0.2) is 0 Å². The van der Waals surface area contributed by atoms with Crippen molar-refractivity contribution in [2.24, 2.45) is 5.73 Å². The van der Waals surface area contributed by atoms with Crippen LogP contribution in [0.4, 0.5) is 24.5 Å². The third kappa shape index (κ3) is 5.22. The van der Waals surface area contributed by atoms with Crippen LogP contribution in [0.5, 0.6) is 0 Å². The lowest BCUT2D eigenvalue weighted by Gasteiger charge is -2.17. The van der Waals surface area contributed by atoms with Gasteiger partial charge in [0.25, 0.3) is 0 Å². The molecule has 1 aromatic rings. The molecule has 0 spiro atoms. The van der Waals surface area contributed by atoms with Crippen molar-refractivity contribution in [3.63, 3.8) is 0 Å². The number of amides is 1. The van der Waals surface area contributed by atoms with Gasteiger partial charge in [-0.3, -0.25) is 4.79 Å². The lowest BCUT2D eigenvalue weighted by Crippen LogP contribution is -2.35. The van der Waals surface area contributed by atoms with Crippen LogP contribution < -0.4 is 16.4 Å². The average molecular weight is 317 g/mol. The van der Waals surface area contributed by atoms with Crippen LogP contribution in [0.2, 0.25) is 0 Å². The first-order chi connectivity index (χ1) is 10.3. The van der Waals surface area contributed by atoms with Gasteiger partial charge in [-0.2, -0.15) is 13.2 Å². The topological polar surface area (TPSA) is 67.1 Å². The van der Waals surface area contributed by atoms with E-state index in [0.717, 1.165) is 25.0 Å². The molecule has 0 saturated carbocycles. The number of nitrogens with two attached hydrogens (primary N) is 1. The fourth-order valence-electron chi connectivity index (χ4n) is 1.91. The van der Waals surface area contributed by atoms with Gasteiger partial charge >= 0.3 is 6.18 Å². The lowest BCUT2D eigenvalue weighted by molar-refractivity contribution is -0.137. The van der Waals surface area contributed by atoms with Gasteiger partial charge in [0, 0.05) is 6.54 Å². The van der Waals surface area contributed by atoms with Crippen molar-refractivity contribution in [1.82, 2.24) is 0 Å². The molecule has 1 unspecified atom stereocenters. The number of halogens is 3. The Kier molecular flexibility index (Phi) is 6.67. The molecule has 124 valence electrons. The van der Waals surface area contributed by atoms with Gasteiger partial charge in [-0.1, -0.05) is 20.3 Å². The van der Waals surface area contributed by atoms with E-state index in [9.17, 15) is 18.0 Å². The first-order valence-electron chi connectivity index (χ1n) is 7.31. The number of alkyl halides is 3. The monoisotopic (exact) mass is 317 g/mol. The molecule has 0 aliphatic heterocycles. The second-order valence-corrected chi connectivity index (χ2v) is 5.07. The second kappa shape index (κ2) is 8.03. The van der Waals surface area contributed by atoms with Crippen molar-refractivity contribution in [2.45, 2.75) is 45.3 Å². The molecule has 0 bridgehead atoms. The highest BCUT2D eigenvalue weighted by molar-refractivity contribution is 5.97. The fourth-order valence-corrected chi connectivity index (χ4v) is 1.91. The number of hydrogen-bond donors (Lipinski definition) is 3. The molecule has 7 heteroatoms. The Bertz CT molecular complexity index is 503. The molecule has 22 heavy (non-hydrogen) atoms. The van der Waals surface area contributed by atoms with Crippen LogP contribution in [-0.4, -0.2) is 18.5 Å². The summed E-state index contributed by atoms with van der Waals surface area (Å²) in [7, 11) is 0. The van der Waals surface area contributed by atoms with Crippen molar-refractivity contribution in [3.05, 3.63) is 23.8 Å². The van der Waals surface area contributed by atoms with Crippen molar-refractivity contribution in [3.8, 4) is 0 Å². The van der Waals surface area contributed by atoms with Crippen LogP contribution in [0, 0.1) is 0 Å². The summed E-state index contributed by atoms with van der Waals surface area (Å²) in [4.78, 5) is 11.9. The minimum absolute atomic E-state index is 0.0971. The summed E-state index contributed by atoms with van der Waals surface area (Å²) in [5, 5.41) is 5.49. The predicted molar refractivity (Wildman–Crippen MR) is 81.7 cm³/mol. The van der Waals surface area contributed by atoms with E-state index in [1.165, 1.54) is 6.07 Å². The van der Waals surface area contributed by atoms with Gasteiger partial charge in [-0.05, 0) is 31.0 Å². The molecule has 1 aromatic carbocycles. The minimum atomic E-state index is -4.46. The van der Waals surface area contributed by atoms with Crippen molar-refractivity contribution in [1.29, 1.82) is 0 Å². The number of carbonyl (C=O) groups is 1. The Hall–Kier alpha value is -1.76. The van der Waals surface area contributed by atoms with Crippen LogP contribution in [-0.2, 0) is 11.0 Å². The van der Waals surface area contributed by atoms with Crippen LogP contribution in [0.15, 0.2) is 18.2 Å². The Morgan fingerprint density at radius 3 is 2.45 bits per heavy atom. The van der Waals surface area contributed by atoms with Crippen molar-refractivity contribution < 1.29 is 18.0 Å². The number of carbonyl (C=O) groups excluding carboxylic acids is 1. The summed E-state index contributed by atoms with van der Waals surface area (Å²) in [5.74, 6) is -0.485. The van der Waals surface area contributed by atoms with E-state index in [2.05, 4.69) is 10.6 Å². The normalized spacial score (nSPS) is 12.8. The highest BCUT2D eigenvalue weighted by Gasteiger charge is 2.31. The first-order valence-corrected chi connectivity index (χ1v) is 7.31. The van der Waals surface area contributed by atoms with E-state index in [4.69, 9.17) is 5.73 Å². The largest absolute Gasteiger partial charge is 0.416 e. The molecule has 0 aliphatic carbocycles. The van der Waals surface area contributed by atoms with E-state index in [1.54, 1.807) is 0 Å². The average Bonchev–Trinajstić information content (AvgIpc) is 2.45. The molecule has 1 rings (SSSR count). The Balaban J connectivity index is 3.03. The molecule has 0 saturated heterocycles. The smallest absolute Gasteiger partial charge is 0.383 e. The van der Waals surface area contributed by atoms with Crippen molar-refractivity contribution in [2.75, 3.05) is 17.2 Å². The van der Waals surface area contributed by atoms with Crippen molar-refractivity contribution >= 4 is 17.3 Å². The number of rotatable bonds is 7. The van der Waals surface area contributed by atoms with Gasteiger partial charge < -0.3 is 16.4 Å². The first kappa shape index (κ1) is 18.3. The minimum Gasteiger partial charge on any atom is -0.383 e. The number of nitrogens with one attached hydrogen (secondary N) is 2. The number of hydrogen-bond acceptors (Lipinski definition) is 3. The molecule has 1 amide bonds. The molecular formula is C15H22F3N3O. The van der Waals surface area contributed by atoms with Gasteiger partial charge in [0.05, 0.1) is 23.0 Å². The summed E-state index contributed by atoms with van der Waals surface area (Å²) < 4.78 is 38.4. The van der Waals surface area contributed by atoms with E-state index in [-0.39, 0.29) is 5.69 Å². The highest BCUT2D eigenvalue weighted by atomic mass is 19.4. The molecule has 0 aliphatic rings. The van der Waals surface area contributed by atoms with Gasteiger partial charge in [0.2, 0.25) is 5.91 Å². The molecule has 0 heterocycles. The standard InChI is InChI=1S/C15H22F3N3O/c1-3-5-11(19)14(22)21-13-9-10(15(16,17)18)6-7-12(13)20-8-4-2/h6-7,9,11,20H,3-5,8,19H2,1-2H3,(H,21,22). The van der Waals surface area contributed by atoms with Gasteiger partial charge in [0.1, 0.15) is 0 Å². The maximum Gasteiger partial charge on any atom is 0.416 e. The maximum absolute atomic E-state index is 12.8. The third-order valence-corrected chi connectivity index (χ3v) is 3.11. The van der Waals surface area contributed by atoms with E-state index in [0.29, 0.717) is 18.7 Å². The maximum atomic E-state index is 12.8. The van der Waals surface area contributed by atoms with Crippen LogP contribution in [0.25, 0.3) is 0 Å². The predicted octanol–water partition coefficient (Wildman–Crippen LogP) is 3.59. The second-order valence-electron chi connectivity index (χ2n) is 5.07. The highest BCUT2D eigenvalue weighted by Crippen LogP contribution is 2.34. The zero-order chi connectivity index (χ0) is 16.8. The molecule has 1 atom stereocenters. The number of anilines is 2. The summed E-state index contributed by atoms with van der Waals surface area (Å²) in [6.07, 6.45) is -2.46. The molecule has 0 aromatic heterocycles. The summed E-state index contributed by atoms with van der Waals surface area (Å²) in [6.45, 7) is 4.41. The molecule has 4 nitrogen and oxygen atoms in total. The SMILES string of the molecule is CCCNc1ccc(C(F)(F)F)cc1NC(=O)C(N)CCC. The Morgan fingerprint density at radius 2 is 1.91 bits per heavy atom. The zero-order valence-electron chi connectivity index (χ0n) is 12.8. The zero-order valence-corrected chi connectivity index (χ0v) is 12.8. The third-order valence-electron chi connectivity index (χ3n) is 3.11. The quantitative estimate of drug-likeness (QED) is 0.720. The Morgan fingerprint density at radius 1 is 1.23 bits per heavy atom. The molecule has 0 fully saturated rings. The molecular weight excluding hydrogens is 295 g/mol. The molecule has 4 N–H and O–H groups in total. The van der Waals surface area contributed by atoms with Crippen LogP contribution >= 0.6 is 0 Å².